The van der Waals surface area contributed by atoms with Gasteiger partial charge in [0.25, 0.3) is 11.3 Å². The summed E-state index contributed by atoms with van der Waals surface area (Å²) in [7, 11) is 0. The van der Waals surface area contributed by atoms with E-state index in [1.54, 1.807) is 6.07 Å². The number of aryl methyl sites for hydroxylation is 2. The van der Waals surface area contributed by atoms with E-state index in [-0.39, 0.29) is 5.56 Å². The average Bonchev–Trinajstić information content (AvgIpc) is 3.47. The van der Waals surface area contributed by atoms with Crippen LogP contribution >= 0.6 is 0 Å². The molecule has 0 saturated heterocycles. The molecule has 1 saturated carbocycles. The van der Waals surface area contributed by atoms with Crippen LogP contribution in [0.5, 0.6) is 0 Å². The molecular weight excluding hydrogens is 374 g/mol. The predicted molar refractivity (Wildman–Crippen MR) is 118 cm³/mol. The van der Waals surface area contributed by atoms with Crippen LogP contribution in [0.2, 0.25) is 0 Å². The molecule has 2 aromatic heterocycles. The van der Waals surface area contributed by atoms with Crippen molar-refractivity contribution in [3.05, 3.63) is 50.4 Å². The van der Waals surface area contributed by atoms with Gasteiger partial charge in [0.1, 0.15) is 0 Å². The van der Waals surface area contributed by atoms with Crippen molar-refractivity contribution in [3.8, 4) is 0 Å². The summed E-state index contributed by atoms with van der Waals surface area (Å²) in [6.07, 6.45) is 14.3. The number of fused-ring (bicyclic) bond motifs is 3. The zero-order valence-electron chi connectivity index (χ0n) is 17.5. The number of nitrogens with one attached hydrogen (secondary N) is 2. The van der Waals surface area contributed by atoms with Crippen LogP contribution in [0.25, 0.3) is 5.78 Å². The molecule has 30 heavy (non-hydrogen) atoms. The lowest BCUT2D eigenvalue weighted by Crippen LogP contribution is -2.18. The number of nitrogens with zero attached hydrogens (tertiary/aromatic N) is 3. The van der Waals surface area contributed by atoms with Crippen LogP contribution in [0, 0.1) is 5.92 Å². The Labute approximate surface area is 176 Å². The monoisotopic (exact) mass is 403 g/mol. The molecule has 0 amide bonds. The van der Waals surface area contributed by atoms with Gasteiger partial charge in [0.2, 0.25) is 5.95 Å². The fraction of sp³-hybridized carbons (Fsp3) is 0.542. The second kappa shape index (κ2) is 7.25. The van der Waals surface area contributed by atoms with Gasteiger partial charge < -0.3 is 5.32 Å². The lowest BCUT2D eigenvalue weighted by molar-refractivity contribution is 0.354. The van der Waals surface area contributed by atoms with E-state index < -0.39 is 0 Å². The number of benzene rings is 1. The van der Waals surface area contributed by atoms with Crippen molar-refractivity contribution in [1.82, 2.24) is 19.6 Å². The van der Waals surface area contributed by atoms with Crippen LogP contribution in [0.15, 0.2) is 16.9 Å². The fourth-order valence-electron chi connectivity index (χ4n) is 5.86. The van der Waals surface area contributed by atoms with Gasteiger partial charge in [0.15, 0.2) is 0 Å². The predicted octanol–water partition coefficient (Wildman–Crippen LogP) is 4.26. The van der Waals surface area contributed by atoms with Crippen molar-refractivity contribution >= 4 is 17.4 Å². The zero-order valence-corrected chi connectivity index (χ0v) is 17.5. The largest absolute Gasteiger partial charge is 0.324 e. The van der Waals surface area contributed by atoms with Crippen molar-refractivity contribution in [2.45, 2.75) is 77.0 Å². The summed E-state index contributed by atoms with van der Waals surface area (Å²) < 4.78 is 1.47. The Morgan fingerprint density at radius 1 is 0.933 bits per heavy atom. The van der Waals surface area contributed by atoms with E-state index in [9.17, 15) is 4.79 Å². The maximum atomic E-state index is 12.7. The molecule has 1 fully saturated rings. The van der Waals surface area contributed by atoms with Gasteiger partial charge in [-0.2, -0.15) is 9.50 Å². The highest BCUT2D eigenvalue weighted by Gasteiger charge is 2.25. The van der Waals surface area contributed by atoms with Gasteiger partial charge in [-0.15, -0.1) is 0 Å². The zero-order chi connectivity index (χ0) is 20.1. The summed E-state index contributed by atoms with van der Waals surface area (Å²) in [5.41, 5.74) is 7.88. The number of anilines is 2. The lowest BCUT2D eigenvalue weighted by Gasteiger charge is -2.20. The summed E-state index contributed by atoms with van der Waals surface area (Å²) in [6, 6.07) is 4.11. The first-order chi connectivity index (χ1) is 14.7. The van der Waals surface area contributed by atoms with E-state index in [4.69, 9.17) is 4.98 Å². The second-order valence-electron chi connectivity index (χ2n) is 9.36. The molecule has 0 radical (unpaired) electrons. The van der Waals surface area contributed by atoms with Gasteiger partial charge in [-0.3, -0.25) is 9.89 Å². The maximum absolute atomic E-state index is 12.7. The summed E-state index contributed by atoms with van der Waals surface area (Å²) in [5.74, 6) is 1.74. The van der Waals surface area contributed by atoms with Gasteiger partial charge >= 0.3 is 0 Å². The summed E-state index contributed by atoms with van der Waals surface area (Å²) in [5, 5.41) is 6.70. The van der Waals surface area contributed by atoms with E-state index in [1.807, 2.05) is 0 Å². The van der Waals surface area contributed by atoms with Crippen LogP contribution in [0.4, 0.5) is 11.6 Å². The summed E-state index contributed by atoms with van der Waals surface area (Å²) in [4.78, 5) is 22.1. The topological polar surface area (TPSA) is 75.1 Å². The van der Waals surface area contributed by atoms with E-state index in [1.165, 1.54) is 90.2 Å². The van der Waals surface area contributed by atoms with Gasteiger partial charge in [-0.25, -0.2) is 4.98 Å². The van der Waals surface area contributed by atoms with Crippen LogP contribution < -0.4 is 10.9 Å². The second-order valence-corrected chi connectivity index (χ2v) is 9.36. The van der Waals surface area contributed by atoms with Crippen LogP contribution in [0.1, 0.15) is 72.9 Å². The Bertz CT molecular complexity index is 1140. The third kappa shape index (κ3) is 3.13. The standard InChI is InChI=1S/C24H29N5O/c30-21-14-18(12-15-6-2-1-3-7-15)25-24-27-23(28-29(21)24)26-22-19-10-4-8-16(19)13-17-9-5-11-20(17)22/h13-15H,1-12H2,(H2,25,26,27,28). The fourth-order valence-corrected chi connectivity index (χ4v) is 5.86. The van der Waals surface area contributed by atoms with Gasteiger partial charge in [-0.05, 0) is 73.1 Å². The van der Waals surface area contributed by atoms with Crippen LogP contribution in [-0.4, -0.2) is 19.6 Å². The Morgan fingerprint density at radius 3 is 2.40 bits per heavy atom. The number of aromatic amines is 1. The molecule has 0 bridgehead atoms. The number of H-pyrrole nitrogens is 1. The van der Waals surface area contributed by atoms with Crippen LogP contribution in [-0.2, 0) is 32.1 Å². The molecular formula is C24H29N5O. The van der Waals surface area contributed by atoms with E-state index in [0.717, 1.165) is 25.0 Å². The smallest absolute Gasteiger partial charge is 0.274 e. The van der Waals surface area contributed by atoms with Gasteiger partial charge in [-0.1, -0.05) is 38.2 Å². The van der Waals surface area contributed by atoms with Crippen molar-refractivity contribution in [2.75, 3.05) is 5.32 Å². The van der Waals surface area contributed by atoms with Gasteiger partial charge in [0, 0.05) is 11.8 Å². The lowest BCUT2D eigenvalue weighted by atomic mass is 9.86. The molecule has 156 valence electrons. The molecule has 0 unspecified atom stereocenters. The Morgan fingerprint density at radius 2 is 1.67 bits per heavy atom. The molecule has 2 N–H and O–H groups in total. The van der Waals surface area contributed by atoms with E-state index in [2.05, 4.69) is 21.5 Å². The molecule has 6 heteroatoms. The molecule has 3 aliphatic carbocycles. The molecule has 0 aliphatic heterocycles. The minimum atomic E-state index is -0.0742. The summed E-state index contributed by atoms with van der Waals surface area (Å²) in [6.45, 7) is 0. The number of rotatable bonds is 4. The van der Waals surface area contributed by atoms with Crippen molar-refractivity contribution in [3.63, 3.8) is 0 Å². The average molecular weight is 404 g/mol. The molecule has 3 aliphatic rings. The Balaban J connectivity index is 1.33. The van der Waals surface area contributed by atoms with E-state index in [0.29, 0.717) is 17.6 Å². The molecule has 0 atom stereocenters. The SMILES string of the molecule is O=c1cc(CC2CCCCC2)nc2nc(Nc3c4c(cc5c3CCC5)CCC4)[nH]n12. The molecule has 0 spiro atoms. The highest BCUT2D eigenvalue weighted by Crippen LogP contribution is 2.39. The highest BCUT2D eigenvalue weighted by molar-refractivity contribution is 5.70. The van der Waals surface area contributed by atoms with Crippen molar-refractivity contribution in [2.24, 2.45) is 5.92 Å². The third-order valence-corrected chi connectivity index (χ3v) is 7.32. The Kier molecular flexibility index (Phi) is 4.39. The first-order valence-electron chi connectivity index (χ1n) is 11.7. The minimum absolute atomic E-state index is 0.0742. The molecule has 1 aromatic carbocycles. The maximum Gasteiger partial charge on any atom is 0.274 e. The normalized spacial score (nSPS) is 18.7. The third-order valence-electron chi connectivity index (χ3n) is 7.32. The number of aromatic nitrogens is 4. The van der Waals surface area contributed by atoms with Crippen molar-refractivity contribution in [1.29, 1.82) is 0 Å². The quantitative estimate of drug-likeness (QED) is 0.682. The number of hydrogen-bond acceptors (Lipinski definition) is 4. The number of hydrogen-bond donors (Lipinski definition) is 2. The first kappa shape index (κ1) is 18.2. The minimum Gasteiger partial charge on any atom is -0.324 e. The summed E-state index contributed by atoms with van der Waals surface area (Å²) >= 11 is 0. The van der Waals surface area contributed by atoms with Gasteiger partial charge in [0.05, 0.1) is 5.69 Å². The molecule has 3 aromatic rings. The van der Waals surface area contributed by atoms with Crippen LogP contribution in [0.3, 0.4) is 0 Å². The first-order valence-corrected chi connectivity index (χ1v) is 11.7. The van der Waals surface area contributed by atoms with Crippen molar-refractivity contribution < 1.29 is 0 Å². The molecule has 2 heterocycles. The molecule has 6 rings (SSSR count). The highest BCUT2D eigenvalue weighted by atomic mass is 16.1. The molecule has 6 nitrogen and oxygen atoms in total. The Hall–Kier alpha value is -2.63. The van der Waals surface area contributed by atoms with E-state index >= 15 is 0 Å².